The second-order valence-electron chi connectivity index (χ2n) is 13.1. The van der Waals surface area contributed by atoms with Gasteiger partial charge in [0.1, 0.15) is 11.2 Å². The quantitative estimate of drug-likeness (QED) is 0.184. The lowest BCUT2D eigenvalue weighted by Gasteiger charge is -2.29. The molecule has 1 saturated carbocycles. The number of hydrogen-bond donors (Lipinski definition) is 0. The van der Waals surface area contributed by atoms with Crippen LogP contribution in [0.2, 0.25) is 0 Å². The van der Waals surface area contributed by atoms with E-state index in [0.717, 1.165) is 44.4 Å². The van der Waals surface area contributed by atoms with Crippen LogP contribution < -0.4 is 4.90 Å². The Bertz CT molecular complexity index is 2370. The Morgan fingerprint density at radius 1 is 0.479 bits per heavy atom. The van der Waals surface area contributed by atoms with Gasteiger partial charge in [-0.15, -0.1) is 0 Å². The van der Waals surface area contributed by atoms with Gasteiger partial charge in [-0.1, -0.05) is 141 Å². The van der Waals surface area contributed by atoms with Crippen molar-refractivity contribution < 1.29 is 4.42 Å². The molecule has 9 rings (SSSR count). The van der Waals surface area contributed by atoms with Gasteiger partial charge in [0.25, 0.3) is 0 Å². The molecule has 2 heteroatoms. The van der Waals surface area contributed by atoms with Gasteiger partial charge in [0, 0.05) is 33.3 Å². The summed E-state index contributed by atoms with van der Waals surface area (Å²) < 4.78 is 6.40. The third-order valence-corrected chi connectivity index (χ3v) is 10.3. The number of fused-ring (bicyclic) bond motifs is 4. The number of anilines is 3. The second kappa shape index (κ2) is 12.2. The van der Waals surface area contributed by atoms with Crippen LogP contribution in [0.1, 0.15) is 43.6 Å². The Morgan fingerprint density at radius 2 is 1.12 bits per heavy atom. The van der Waals surface area contributed by atoms with E-state index in [1.54, 1.807) is 0 Å². The number of para-hydroxylation sites is 4. The average Bonchev–Trinajstić information content (AvgIpc) is 3.55. The normalized spacial score (nSPS) is 13.8. The van der Waals surface area contributed by atoms with Crippen molar-refractivity contribution in [3.8, 4) is 22.3 Å². The molecule has 0 aliphatic heterocycles. The van der Waals surface area contributed by atoms with Crippen molar-refractivity contribution in [2.24, 2.45) is 0 Å². The van der Waals surface area contributed by atoms with Crippen molar-refractivity contribution in [2.75, 3.05) is 4.90 Å². The van der Waals surface area contributed by atoms with Crippen LogP contribution in [-0.4, -0.2) is 0 Å². The Hall–Kier alpha value is -5.60. The molecule has 232 valence electrons. The van der Waals surface area contributed by atoms with Crippen molar-refractivity contribution in [2.45, 2.75) is 38.0 Å². The number of hydrogen-bond acceptors (Lipinski definition) is 2. The van der Waals surface area contributed by atoms with Crippen molar-refractivity contribution in [3.63, 3.8) is 0 Å². The zero-order valence-electron chi connectivity index (χ0n) is 27.0. The lowest BCUT2D eigenvalue weighted by atomic mass is 9.80. The Balaban J connectivity index is 1.19. The minimum Gasteiger partial charge on any atom is -0.455 e. The van der Waals surface area contributed by atoms with Crippen LogP contribution in [0, 0.1) is 0 Å². The highest BCUT2D eigenvalue weighted by atomic mass is 16.3. The molecule has 8 aromatic rings. The standard InChI is InChI=1S/C46H37NO/c1-3-14-32(15-4-1)37-22-11-16-34-17-12-24-41(45(34)37)39-20-7-9-26-43(39)47(35-18-5-2-6-19-35)36-30-28-33(29-31-36)38-23-13-25-42-40-21-8-10-27-44(40)48-46(38)42/h2,5-13,16-32H,1,3-4,14-15H2. The maximum Gasteiger partial charge on any atom is 0.143 e. The summed E-state index contributed by atoms with van der Waals surface area (Å²) in [5.74, 6) is 0.615. The molecular formula is C46H37NO. The summed E-state index contributed by atoms with van der Waals surface area (Å²) in [5.41, 5.74) is 11.6. The molecule has 0 unspecified atom stereocenters. The molecule has 1 fully saturated rings. The summed E-state index contributed by atoms with van der Waals surface area (Å²) in [4.78, 5) is 2.41. The number of nitrogens with zero attached hydrogens (tertiary/aromatic N) is 1. The third kappa shape index (κ3) is 4.96. The van der Waals surface area contributed by atoms with E-state index in [0.29, 0.717) is 5.92 Å². The summed E-state index contributed by atoms with van der Waals surface area (Å²) in [6, 6.07) is 57.1. The molecule has 0 N–H and O–H groups in total. The van der Waals surface area contributed by atoms with Crippen molar-refractivity contribution in [3.05, 3.63) is 163 Å². The van der Waals surface area contributed by atoms with Gasteiger partial charge in [-0.3, -0.25) is 0 Å². The van der Waals surface area contributed by atoms with Gasteiger partial charge in [-0.05, 0) is 82.6 Å². The van der Waals surface area contributed by atoms with Gasteiger partial charge < -0.3 is 9.32 Å². The van der Waals surface area contributed by atoms with Gasteiger partial charge in [0.05, 0.1) is 5.69 Å². The van der Waals surface area contributed by atoms with Gasteiger partial charge in [-0.25, -0.2) is 0 Å². The summed E-state index contributed by atoms with van der Waals surface area (Å²) in [5, 5.41) is 5.02. The van der Waals surface area contributed by atoms with Gasteiger partial charge >= 0.3 is 0 Å². The van der Waals surface area contributed by atoms with E-state index < -0.39 is 0 Å². The van der Waals surface area contributed by atoms with Crippen LogP contribution in [0.5, 0.6) is 0 Å². The topological polar surface area (TPSA) is 16.4 Å². The summed E-state index contributed by atoms with van der Waals surface area (Å²) in [6.07, 6.45) is 6.55. The van der Waals surface area contributed by atoms with E-state index in [4.69, 9.17) is 4.42 Å². The first-order chi connectivity index (χ1) is 23.8. The third-order valence-electron chi connectivity index (χ3n) is 10.3. The highest BCUT2D eigenvalue weighted by molar-refractivity contribution is 6.09. The maximum absolute atomic E-state index is 6.40. The molecule has 48 heavy (non-hydrogen) atoms. The first kappa shape index (κ1) is 28.6. The molecule has 0 radical (unpaired) electrons. The van der Waals surface area contributed by atoms with E-state index in [2.05, 4.69) is 150 Å². The molecule has 0 bridgehead atoms. The van der Waals surface area contributed by atoms with Gasteiger partial charge in [0.2, 0.25) is 0 Å². The van der Waals surface area contributed by atoms with Crippen LogP contribution >= 0.6 is 0 Å². The SMILES string of the molecule is c1ccc(N(c2ccc(-c3cccc4c3oc3ccccc34)cc2)c2ccccc2-c2cccc3cccc(C4CCCCC4)c23)cc1. The Morgan fingerprint density at radius 3 is 1.98 bits per heavy atom. The van der Waals surface area contributed by atoms with Crippen molar-refractivity contribution in [1.82, 2.24) is 0 Å². The fourth-order valence-corrected chi connectivity index (χ4v) is 8.01. The average molecular weight is 620 g/mol. The molecule has 2 nitrogen and oxygen atoms in total. The van der Waals surface area contributed by atoms with Gasteiger partial charge in [0.15, 0.2) is 0 Å². The van der Waals surface area contributed by atoms with E-state index in [1.165, 1.54) is 65.3 Å². The second-order valence-corrected chi connectivity index (χ2v) is 13.1. The molecule has 0 amide bonds. The van der Waals surface area contributed by atoms with E-state index in [-0.39, 0.29) is 0 Å². The molecule has 1 aromatic heterocycles. The summed E-state index contributed by atoms with van der Waals surface area (Å²) >= 11 is 0. The Kier molecular flexibility index (Phi) is 7.28. The van der Waals surface area contributed by atoms with Crippen LogP contribution in [0.3, 0.4) is 0 Å². The predicted octanol–water partition coefficient (Wildman–Crippen LogP) is 13.6. The van der Waals surface area contributed by atoms with E-state index >= 15 is 0 Å². The molecule has 1 heterocycles. The lowest BCUT2D eigenvalue weighted by molar-refractivity contribution is 0.445. The van der Waals surface area contributed by atoms with Crippen LogP contribution in [0.15, 0.2) is 162 Å². The largest absolute Gasteiger partial charge is 0.455 e. The molecular weight excluding hydrogens is 583 g/mol. The first-order valence-electron chi connectivity index (χ1n) is 17.3. The van der Waals surface area contributed by atoms with E-state index in [9.17, 15) is 0 Å². The van der Waals surface area contributed by atoms with Crippen molar-refractivity contribution >= 4 is 49.8 Å². The van der Waals surface area contributed by atoms with Gasteiger partial charge in [-0.2, -0.15) is 0 Å². The monoisotopic (exact) mass is 619 g/mol. The van der Waals surface area contributed by atoms with Crippen molar-refractivity contribution in [1.29, 1.82) is 0 Å². The molecule has 0 saturated heterocycles. The highest BCUT2D eigenvalue weighted by Crippen LogP contribution is 2.46. The minimum atomic E-state index is 0.615. The molecule has 7 aromatic carbocycles. The molecule has 1 aliphatic rings. The minimum absolute atomic E-state index is 0.615. The summed E-state index contributed by atoms with van der Waals surface area (Å²) in [7, 11) is 0. The fraction of sp³-hybridized carbons (Fsp3) is 0.130. The lowest BCUT2D eigenvalue weighted by Crippen LogP contribution is -2.11. The molecule has 0 atom stereocenters. The molecule has 0 spiro atoms. The van der Waals surface area contributed by atoms with Crippen LogP contribution in [0.25, 0.3) is 55.0 Å². The number of benzene rings is 7. The summed E-state index contributed by atoms with van der Waals surface area (Å²) in [6.45, 7) is 0. The first-order valence-corrected chi connectivity index (χ1v) is 17.3. The Labute approximate surface area is 281 Å². The van der Waals surface area contributed by atoms with Crippen LogP contribution in [0.4, 0.5) is 17.1 Å². The highest BCUT2D eigenvalue weighted by Gasteiger charge is 2.22. The zero-order valence-corrected chi connectivity index (χ0v) is 27.0. The van der Waals surface area contributed by atoms with Crippen LogP contribution in [-0.2, 0) is 0 Å². The predicted molar refractivity (Wildman–Crippen MR) is 203 cm³/mol. The number of furan rings is 1. The zero-order chi connectivity index (χ0) is 31.9. The van der Waals surface area contributed by atoms with E-state index in [1.807, 2.05) is 12.1 Å². The smallest absolute Gasteiger partial charge is 0.143 e. The fourth-order valence-electron chi connectivity index (χ4n) is 8.01. The maximum atomic E-state index is 6.40. The molecule has 1 aliphatic carbocycles. The number of rotatable bonds is 6.